The molecule has 156 valence electrons. The first-order chi connectivity index (χ1) is 13.8. The van der Waals surface area contributed by atoms with Gasteiger partial charge in [0.05, 0.1) is 0 Å². The summed E-state index contributed by atoms with van der Waals surface area (Å²) in [5, 5.41) is 5.41. The van der Waals surface area contributed by atoms with Gasteiger partial charge in [-0.3, -0.25) is 9.59 Å². The molecule has 2 N–H and O–H groups in total. The Bertz CT molecular complexity index is 797. The molecule has 2 aromatic carbocycles. The van der Waals surface area contributed by atoms with Crippen molar-refractivity contribution < 1.29 is 9.59 Å². The Hall–Kier alpha value is -2.62. The summed E-state index contributed by atoms with van der Waals surface area (Å²) in [6.07, 6.45) is 2.20. The third-order valence-electron chi connectivity index (χ3n) is 5.77. The first kappa shape index (κ1) is 22.7. The third kappa shape index (κ3) is 5.93. The molecule has 0 aliphatic heterocycles. The topological polar surface area (TPSA) is 58.2 Å². The molecule has 0 saturated carbocycles. The first-order valence-corrected chi connectivity index (χ1v) is 10.4. The number of hydrogen-bond acceptors (Lipinski definition) is 2. The lowest BCUT2D eigenvalue weighted by Crippen LogP contribution is -2.46. The van der Waals surface area contributed by atoms with Crippen LogP contribution in [0.1, 0.15) is 69.1 Å². The largest absolute Gasteiger partial charge is 0.358 e. The lowest BCUT2D eigenvalue weighted by atomic mass is 9.84. The third-order valence-corrected chi connectivity index (χ3v) is 5.77. The zero-order chi connectivity index (χ0) is 21.4. The normalized spacial score (nSPS) is 13.4. The Kier molecular flexibility index (Phi) is 8.00. The molecule has 2 unspecified atom stereocenters. The van der Waals surface area contributed by atoms with Gasteiger partial charge in [-0.25, -0.2) is 0 Å². The fourth-order valence-electron chi connectivity index (χ4n) is 3.61. The summed E-state index contributed by atoms with van der Waals surface area (Å²) < 4.78 is 0. The van der Waals surface area contributed by atoms with Crippen LogP contribution in [-0.4, -0.2) is 18.9 Å². The van der Waals surface area contributed by atoms with Crippen LogP contribution in [0.15, 0.2) is 54.6 Å². The van der Waals surface area contributed by atoms with E-state index in [0.29, 0.717) is 18.4 Å². The van der Waals surface area contributed by atoms with E-state index in [1.807, 2.05) is 0 Å². The Morgan fingerprint density at radius 2 is 1.55 bits per heavy atom. The van der Waals surface area contributed by atoms with Gasteiger partial charge < -0.3 is 10.6 Å². The summed E-state index contributed by atoms with van der Waals surface area (Å²) in [5.41, 5.74) is 2.65. The van der Waals surface area contributed by atoms with E-state index in [-0.39, 0.29) is 11.8 Å². The second kappa shape index (κ2) is 10.2. The SMILES string of the molecule is CCC(CC(C)c1ccccc1)c1ccc(CNC(=O)C(C)(C)C(=O)NC)cc1. The van der Waals surface area contributed by atoms with Gasteiger partial charge in [0.1, 0.15) is 5.41 Å². The maximum absolute atomic E-state index is 12.3. The van der Waals surface area contributed by atoms with Crippen LogP contribution in [0.2, 0.25) is 0 Å². The standard InChI is InChI=1S/C25H34N2O2/c1-6-20(16-18(2)21-10-8-7-9-11-21)22-14-12-19(13-15-22)17-27-24(29)25(3,4)23(28)26-5/h7-15,18,20H,6,16-17H2,1-5H3,(H,26,28)(H,27,29). The number of benzene rings is 2. The van der Waals surface area contributed by atoms with E-state index in [0.717, 1.165) is 18.4 Å². The minimum atomic E-state index is -1.09. The van der Waals surface area contributed by atoms with Crippen molar-refractivity contribution in [2.24, 2.45) is 5.41 Å². The monoisotopic (exact) mass is 394 g/mol. The molecular formula is C25H34N2O2. The number of carbonyl (C=O) groups is 2. The molecule has 0 fully saturated rings. The average Bonchev–Trinajstić information content (AvgIpc) is 2.75. The summed E-state index contributed by atoms with van der Waals surface area (Å²) in [7, 11) is 1.54. The molecule has 4 nitrogen and oxygen atoms in total. The average molecular weight is 395 g/mol. The maximum Gasteiger partial charge on any atom is 0.235 e. The lowest BCUT2D eigenvalue weighted by molar-refractivity contribution is -0.141. The predicted molar refractivity (Wildman–Crippen MR) is 119 cm³/mol. The molecule has 2 amide bonds. The van der Waals surface area contributed by atoms with Crippen LogP contribution in [-0.2, 0) is 16.1 Å². The molecule has 0 radical (unpaired) electrons. The molecule has 2 aromatic rings. The van der Waals surface area contributed by atoms with Crippen LogP contribution in [0.3, 0.4) is 0 Å². The van der Waals surface area contributed by atoms with Crippen molar-refractivity contribution in [1.82, 2.24) is 10.6 Å². The van der Waals surface area contributed by atoms with E-state index < -0.39 is 5.41 Å². The van der Waals surface area contributed by atoms with E-state index in [1.165, 1.54) is 11.1 Å². The molecule has 0 aliphatic carbocycles. The van der Waals surface area contributed by atoms with Crippen molar-refractivity contribution in [2.75, 3.05) is 7.05 Å². The highest BCUT2D eigenvalue weighted by atomic mass is 16.2. The summed E-state index contributed by atoms with van der Waals surface area (Å²) >= 11 is 0. The zero-order valence-corrected chi connectivity index (χ0v) is 18.3. The van der Waals surface area contributed by atoms with Gasteiger partial charge in [-0.15, -0.1) is 0 Å². The maximum atomic E-state index is 12.3. The van der Waals surface area contributed by atoms with E-state index in [4.69, 9.17) is 0 Å². The van der Waals surface area contributed by atoms with Crippen LogP contribution in [0.5, 0.6) is 0 Å². The van der Waals surface area contributed by atoms with Gasteiger partial charge in [-0.05, 0) is 55.2 Å². The van der Waals surface area contributed by atoms with Crippen LogP contribution in [0, 0.1) is 5.41 Å². The van der Waals surface area contributed by atoms with Crippen molar-refractivity contribution in [3.8, 4) is 0 Å². The number of nitrogens with one attached hydrogen (secondary N) is 2. The first-order valence-electron chi connectivity index (χ1n) is 10.4. The van der Waals surface area contributed by atoms with E-state index in [2.05, 4.69) is 79.1 Å². The van der Waals surface area contributed by atoms with Gasteiger partial charge in [0.25, 0.3) is 0 Å². The Labute approximate surface area is 175 Å². The van der Waals surface area contributed by atoms with Gasteiger partial charge >= 0.3 is 0 Å². The van der Waals surface area contributed by atoms with Crippen molar-refractivity contribution in [3.63, 3.8) is 0 Å². The molecule has 0 aliphatic rings. The van der Waals surface area contributed by atoms with E-state index in [1.54, 1.807) is 20.9 Å². The molecule has 0 heterocycles. The van der Waals surface area contributed by atoms with Crippen LogP contribution in [0.25, 0.3) is 0 Å². The van der Waals surface area contributed by atoms with Gasteiger partial charge in [0, 0.05) is 13.6 Å². The van der Waals surface area contributed by atoms with E-state index >= 15 is 0 Å². The van der Waals surface area contributed by atoms with Gasteiger partial charge in [0.15, 0.2) is 0 Å². The van der Waals surface area contributed by atoms with Crippen molar-refractivity contribution in [2.45, 2.75) is 58.9 Å². The molecule has 2 atom stereocenters. The molecule has 0 saturated heterocycles. The molecule has 2 rings (SSSR count). The summed E-state index contributed by atoms with van der Waals surface area (Å²) in [4.78, 5) is 24.2. The molecular weight excluding hydrogens is 360 g/mol. The zero-order valence-electron chi connectivity index (χ0n) is 18.3. The second-order valence-electron chi connectivity index (χ2n) is 8.28. The van der Waals surface area contributed by atoms with Crippen molar-refractivity contribution in [3.05, 3.63) is 71.3 Å². The number of carbonyl (C=O) groups excluding carboxylic acids is 2. The van der Waals surface area contributed by atoms with Gasteiger partial charge in [0.2, 0.25) is 11.8 Å². The second-order valence-corrected chi connectivity index (χ2v) is 8.28. The molecule has 4 heteroatoms. The molecule has 29 heavy (non-hydrogen) atoms. The lowest BCUT2D eigenvalue weighted by Gasteiger charge is -2.22. The quantitative estimate of drug-likeness (QED) is 0.602. The summed E-state index contributed by atoms with van der Waals surface area (Å²) in [6.45, 7) is 8.19. The Balaban J connectivity index is 1.97. The van der Waals surface area contributed by atoms with Gasteiger partial charge in [-0.2, -0.15) is 0 Å². The number of hydrogen-bond donors (Lipinski definition) is 2. The highest BCUT2D eigenvalue weighted by molar-refractivity contribution is 6.04. The highest BCUT2D eigenvalue weighted by Crippen LogP contribution is 2.32. The fraction of sp³-hybridized carbons (Fsp3) is 0.440. The summed E-state index contributed by atoms with van der Waals surface area (Å²) in [5.74, 6) is 0.445. The highest BCUT2D eigenvalue weighted by Gasteiger charge is 2.34. The number of amides is 2. The smallest absolute Gasteiger partial charge is 0.235 e. The van der Waals surface area contributed by atoms with Crippen LogP contribution in [0.4, 0.5) is 0 Å². The minimum Gasteiger partial charge on any atom is -0.358 e. The number of rotatable bonds is 9. The fourth-order valence-corrected chi connectivity index (χ4v) is 3.61. The molecule has 0 bridgehead atoms. The minimum absolute atomic E-state index is 0.274. The Morgan fingerprint density at radius 3 is 2.10 bits per heavy atom. The van der Waals surface area contributed by atoms with Crippen LogP contribution >= 0.6 is 0 Å². The van der Waals surface area contributed by atoms with Gasteiger partial charge in [-0.1, -0.05) is 68.4 Å². The van der Waals surface area contributed by atoms with Crippen molar-refractivity contribution >= 4 is 11.8 Å². The van der Waals surface area contributed by atoms with E-state index in [9.17, 15) is 9.59 Å². The van der Waals surface area contributed by atoms with Crippen LogP contribution < -0.4 is 10.6 Å². The van der Waals surface area contributed by atoms with Crippen molar-refractivity contribution in [1.29, 1.82) is 0 Å². The molecule has 0 spiro atoms. The summed E-state index contributed by atoms with van der Waals surface area (Å²) in [6, 6.07) is 19.1. The molecule has 0 aromatic heterocycles. The Morgan fingerprint density at radius 1 is 0.931 bits per heavy atom. The predicted octanol–water partition coefficient (Wildman–Crippen LogP) is 4.76.